The number of anilines is 3. The van der Waals surface area contributed by atoms with E-state index in [0.717, 1.165) is 0 Å². The minimum absolute atomic E-state index is 0.0452. The molecule has 8 nitrogen and oxygen atoms in total. The highest BCUT2D eigenvalue weighted by Crippen LogP contribution is 2.21. The monoisotopic (exact) mass is 277 g/mol. The Morgan fingerprint density at radius 2 is 2.35 bits per heavy atom. The lowest BCUT2D eigenvalue weighted by molar-refractivity contribution is 0.0696. The van der Waals surface area contributed by atoms with Crippen molar-refractivity contribution < 1.29 is 14.6 Å². The van der Waals surface area contributed by atoms with Crippen LogP contribution >= 0.6 is 0 Å². The fraction of sp³-hybridized carbons (Fsp3) is 0.250. The Bertz CT molecular complexity index is 611. The van der Waals surface area contributed by atoms with Gasteiger partial charge in [0.25, 0.3) is 0 Å². The molecule has 0 bridgehead atoms. The van der Waals surface area contributed by atoms with Crippen LogP contribution in [0.5, 0.6) is 0 Å². The SMILES string of the molecule is COCCn1cc(Nc2ncc(C(=O)O)cc2N)cn1. The number of ether oxygens (including phenoxy) is 1. The van der Waals surface area contributed by atoms with Gasteiger partial charge in [0.2, 0.25) is 0 Å². The molecule has 0 spiro atoms. The smallest absolute Gasteiger partial charge is 0.337 e. The van der Waals surface area contributed by atoms with Gasteiger partial charge in [-0.05, 0) is 6.07 Å². The number of hydrogen-bond donors (Lipinski definition) is 3. The van der Waals surface area contributed by atoms with Gasteiger partial charge < -0.3 is 20.9 Å². The number of nitrogens with zero attached hydrogens (tertiary/aromatic N) is 3. The van der Waals surface area contributed by atoms with Gasteiger partial charge in [0, 0.05) is 19.5 Å². The molecule has 2 aromatic heterocycles. The molecule has 20 heavy (non-hydrogen) atoms. The molecule has 0 atom stereocenters. The Balaban J connectivity index is 2.09. The summed E-state index contributed by atoms with van der Waals surface area (Å²) in [6.45, 7) is 1.20. The first kappa shape index (κ1) is 13.8. The molecule has 2 rings (SSSR count). The fourth-order valence-electron chi connectivity index (χ4n) is 1.58. The van der Waals surface area contributed by atoms with Gasteiger partial charge >= 0.3 is 5.97 Å². The van der Waals surface area contributed by atoms with Crippen LogP contribution in [0.1, 0.15) is 10.4 Å². The number of nitrogen functional groups attached to an aromatic ring is 1. The van der Waals surface area contributed by atoms with E-state index in [4.69, 9.17) is 15.6 Å². The zero-order valence-electron chi connectivity index (χ0n) is 10.9. The number of pyridine rings is 1. The molecule has 2 heterocycles. The van der Waals surface area contributed by atoms with Crippen LogP contribution in [0, 0.1) is 0 Å². The van der Waals surface area contributed by atoms with Gasteiger partial charge in [0.05, 0.1) is 36.3 Å². The number of carbonyl (C=O) groups is 1. The molecule has 2 aromatic rings. The number of rotatable bonds is 6. The number of aromatic carboxylic acids is 1. The first-order valence-electron chi connectivity index (χ1n) is 5.87. The summed E-state index contributed by atoms with van der Waals surface area (Å²) in [4.78, 5) is 14.8. The van der Waals surface area contributed by atoms with Crippen molar-refractivity contribution in [1.29, 1.82) is 0 Å². The lowest BCUT2D eigenvalue weighted by Crippen LogP contribution is -2.04. The molecule has 106 valence electrons. The number of aromatic nitrogens is 3. The molecule has 0 saturated heterocycles. The highest BCUT2D eigenvalue weighted by atomic mass is 16.5. The van der Waals surface area contributed by atoms with Gasteiger partial charge in [0.1, 0.15) is 0 Å². The molecule has 0 aromatic carbocycles. The van der Waals surface area contributed by atoms with Crippen LogP contribution in [0.15, 0.2) is 24.7 Å². The van der Waals surface area contributed by atoms with Gasteiger partial charge in [-0.3, -0.25) is 4.68 Å². The number of nitrogens with two attached hydrogens (primary N) is 1. The summed E-state index contributed by atoms with van der Waals surface area (Å²) in [7, 11) is 1.62. The van der Waals surface area contributed by atoms with Crippen LogP contribution in [0.2, 0.25) is 0 Å². The molecule has 0 radical (unpaired) electrons. The normalized spacial score (nSPS) is 10.4. The lowest BCUT2D eigenvalue weighted by atomic mass is 10.2. The summed E-state index contributed by atoms with van der Waals surface area (Å²) in [6.07, 6.45) is 4.66. The molecule has 8 heteroatoms. The molecule has 0 amide bonds. The van der Waals surface area contributed by atoms with Crippen LogP contribution < -0.4 is 11.1 Å². The van der Waals surface area contributed by atoms with Crippen LogP contribution in [0.3, 0.4) is 0 Å². The third-order valence-electron chi connectivity index (χ3n) is 2.58. The number of hydrogen-bond acceptors (Lipinski definition) is 6. The van der Waals surface area contributed by atoms with E-state index in [9.17, 15) is 4.79 Å². The molecule has 0 fully saturated rings. The second-order valence-corrected chi connectivity index (χ2v) is 4.08. The number of carboxylic acids is 1. The Hall–Kier alpha value is -2.61. The second-order valence-electron chi connectivity index (χ2n) is 4.08. The molecule has 4 N–H and O–H groups in total. The fourth-order valence-corrected chi connectivity index (χ4v) is 1.58. The minimum Gasteiger partial charge on any atom is -0.478 e. The number of methoxy groups -OCH3 is 1. The standard InChI is InChI=1S/C12H15N5O3/c1-20-3-2-17-7-9(6-15-17)16-11-10(13)4-8(5-14-11)12(18)19/h4-7H,2-3,13H2,1H3,(H,14,16)(H,18,19). The number of carboxylic acid groups (broad SMARTS) is 1. The Kier molecular flexibility index (Phi) is 4.16. The summed E-state index contributed by atoms with van der Waals surface area (Å²) in [6, 6.07) is 1.35. The Labute approximate surface area is 115 Å². The summed E-state index contributed by atoms with van der Waals surface area (Å²) < 4.78 is 6.67. The van der Waals surface area contributed by atoms with E-state index in [1.807, 2.05) is 0 Å². The Morgan fingerprint density at radius 1 is 1.55 bits per heavy atom. The topological polar surface area (TPSA) is 115 Å². The van der Waals surface area contributed by atoms with Crippen molar-refractivity contribution in [3.8, 4) is 0 Å². The first-order valence-corrected chi connectivity index (χ1v) is 5.87. The van der Waals surface area contributed by atoms with E-state index < -0.39 is 5.97 Å². The largest absolute Gasteiger partial charge is 0.478 e. The first-order chi connectivity index (χ1) is 9.60. The summed E-state index contributed by atoms with van der Waals surface area (Å²) in [5.74, 6) is -0.676. The second kappa shape index (κ2) is 6.02. The number of nitrogens with one attached hydrogen (secondary N) is 1. The van der Waals surface area contributed by atoms with Crippen molar-refractivity contribution in [1.82, 2.24) is 14.8 Å². The highest BCUT2D eigenvalue weighted by Gasteiger charge is 2.08. The lowest BCUT2D eigenvalue weighted by Gasteiger charge is -2.06. The highest BCUT2D eigenvalue weighted by molar-refractivity contribution is 5.89. The van der Waals surface area contributed by atoms with Crippen LogP contribution in [-0.4, -0.2) is 39.6 Å². The summed E-state index contributed by atoms with van der Waals surface area (Å²) in [5.41, 5.74) is 6.77. The molecule has 0 saturated carbocycles. The third kappa shape index (κ3) is 3.23. The van der Waals surface area contributed by atoms with Crippen molar-refractivity contribution in [2.45, 2.75) is 6.54 Å². The zero-order chi connectivity index (χ0) is 14.5. The maximum absolute atomic E-state index is 10.8. The third-order valence-corrected chi connectivity index (χ3v) is 2.58. The van der Waals surface area contributed by atoms with Crippen LogP contribution in [0.4, 0.5) is 17.2 Å². The van der Waals surface area contributed by atoms with Gasteiger partial charge in [-0.15, -0.1) is 0 Å². The van der Waals surface area contributed by atoms with Gasteiger partial charge in [-0.2, -0.15) is 5.10 Å². The van der Waals surface area contributed by atoms with E-state index >= 15 is 0 Å². The maximum atomic E-state index is 10.8. The van der Waals surface area contributed by atoms with Crippen molar-refractivity contribution in [2.75, 3.05) is 24.8 Å². The van der Waals surface area contributed by atoms with Crippen molar-refractivity contribution in [2.24, 2.45) is 0 Å². The van der Waals surface area contributed by atoms with Crippen LogP contribution in [0.25, 0.3) is 0 Å². The van der Waals surface area contributed by atoms with Gasteiger partial charge in [-0.25, -0.2) is 9.78 Å². The molecule has 0 aliphatic carbocycles. The zero-order valence-corrected chi connectivity index (χ0v) is 10.9. The molecular formula is C12H15N5O3. The van der Waals surface area contributed by atoms with E-state index in [1.54, 1.807) is 24.2 Å². The summed E-state index contributed by atoms with van der Waals surface area (Å²) >= 11 is 0. The van der Waals surface area contributed by atoms with E-state index in [-0.39, 0.29) is 11.3 Å². The minimum atomic E-state index is -1.07. The predicted octanol–water partition coefficient (Wildman–Crippen LogP) is 0.948. The quantitative estimate of drug-likeness (QED) is 0.719. The van der Waals surface area contributed by atoms with E-state index in [2.05, 4.69) is 15.4 Å². The van der Waals surface area contributed by atoms with Crippen molar-refractivity contribution in [3.05, 3.63) is 30.2 Å². The molecule has 0 aliphatic heterocycles. The van der Waals surface area contributed by atoms with Crippen LogP contribution in [-0.2, 0) is 11.3 Å². The van der Waals surface area contributed by atoms with Crippen molar-refractivity contribution in [3.63, 3.8) is 0 Å². The van der Waals surface area contributed by atoms with Crippen molar-refractivity contribution >= 4 is 23.2 Å². The van der Waals surface area contributed by atoms with Gasteiger partial charge in [0.15, 0.2) is 5.82 Å². The van der Waals surface area contributed by atoms with Gasteiger partial charge in [-0.1, -0.05) is 0 Å². The van der Waals surface area contributed by atoms with E-state index in [0.29, 0.717) is 24.7 Å². The molecular weight excluding hydrogens is 262 g/mol. The average Bonchev–Trinajstić information content (AvgIpc) is 2.86. The molecule has 0 aliphatic rings. The maximum Gasteiger partial charge on any atom is 0.337 e. The predicted molar refractivity (Wildman–Crippen MR) is 73.0 cm³/mol. The Morgan fingerprint density at radius 3 is 3.00 bits per heavy atom. The average molecular weight is 277 g/mol. The summed E-state index contributed by atoms with van der Waals surface area (Å²) in [5, 5.41) is 16.0. The molecule has 0 unspecified atom stereocenters. The van der Waals surface area contributed by atoms with E-state index in [1.165, 1.54) is 12.3 Å².